The molecule has 0 radical (unpaired) electrons. The summed E-state index contributed by atoms with van der Waals surface area (Å²) in [6, 6.07) is 11.1. The summed E-state index contributed by atoms with van der Waals surface area (Å²) in [5.41, 5.74) is 1.18. The molecule has 0 unspecified atom stereocenters. The Morgan fingerprint density at radius 3 is 2.67 bits per heavy atom. The Balaban J connectivity index is 2.34. The predicted octanol–water partition coefficient (Wildman–Crippen LogP) is 1.85. The van der Waals surface area contributed by atoms with Crippen molar-refractivity contribution in [2.75, 3.05) is 0 Å². The molecule has 0 spiro atoms. The van der Waals surface area contributed by atoms with Crippen LogP contribution in [0.4, 0.5) is 5.82 Å². The smallest absolute Gasteiger partial charge is 0.358 e. The van der Waals surface area contributed by atoms with Crippen molar-refractivity contribution >= 4 is 5.82 Å². The van der Waals surface area contributed by atoms with Gasteiger partial charge in [0.15, 0.2) is 5.69 Å². The van der Waals surface area contributed by atoms with Gasteiger partial charge in [0, 0.05) is 6.42 Å². The number of benzene rings is 1. The fourth-order valence-electron chi connectivity index (χ4n) is 1.51. The van der Waals surface area contributed by atoms with E-state index < -0.39 is 10.7 Å². The van der Waals surface area contributed by atoms with Gasteiger partial charge in [-0.3, -0.25) is 0 Å². The highest BCUT2D eigenvalue weighted by molar-refractivity contribution is 5.37. The molecule has 88 valence electrons. The molecule has 6 heteroatoms. The van der Waals surface area contributed by atoms with Crippen molar-refractivity contribution in [1.29, 1.82) is 5.26 Å². The van der Waals surface area contributed by atoms with Gasteiger partial charge in [0.1, 0.15) is 6.07 Å². The van der Waals surface area contributed by atoms with Gasteiger partial charge in [-0.15, -0.1) is 0 Å². The molecule has 0 fully saturated rings. The highest BCUT2D eigenvalue weighted by Gasteiger charge is 2.18. The third-order valence-corrected chi connectivity index (χ3v) is 2.31. The molecule has 1 heterocycles. The molecule has 1 aromatic heterocycles. The molecule has 18 heavy (non-hydrogen) atoms. The molecule has 0 amide bonds. The lowest BCUT2D eigenvalue weighted by atomic mass is 10.1. The van der Waals surface area contributed by atoms with Gasteiger partial charge < -0.3 is 10.1 Å². The van der Waals surface area contributed by atoms with E-state index in [0.717, 1.165) is 5.56 Å². The second-order valence-electron chi connectivity index (χ2n) is 3.56. The summed E-state index contributed by atoms with van der Waals surface area (Å²) in [7, 11) is 0. The Kier molecular flexibility index (Phi) is 3.25. The van der Waals surface area contributed by atoms with Crippen LogP contribution in [-0.4, -0.2) is 14.9 Å². The van der Waals surface area contributed by atoms with Crippen molar-refractivity contribution < 1.29 is 4.92 Å². The van der Waals surface area contributed by atoms with Crippen molar-refractivity contribution in [2.45, 2.75) is 6.42 Å². The van der Waals surface area contributed by atoms with E-state index in [4.69, 9.17) is 5.26 Å². The molecule has 0 saturated carbocycles. The largest absolute Gasteiger partial charge is 0.400 e. The van der Waals surface area contributed by atoms with E-state index in [-0.39, 0.29) is 5.69 Å². The Hall–Kier alpha value is -2.81. The number of aromatic nitrogens is 2. The molecule has 2 aromatic rings. The quantitative estimate of drug-likeness (QED) is 0.602. The van der Waals surface area contributed by atoms with Crippen LogP contribution in [0.25, 0.3) is 0 Å². The van der Waals surface area contributed by atoms with Crippen molar-refractivity contribution in [2.24, 2.45) is 0 Å². The van der Waals surface area contributed by atoms with E-state index in [1.807, 2.05) is 30.3 Å². The average Bonchev–Trinajstić information content (AvgIpc) is 2.40. The van der Waals surface area contributed by atoms with Crippen LogP contribution < -0.4 is 0 Å². The van der Waals surface area contributed by atoms with Gasteiger partial charge >= 0.3 is 5.82 Å². The monoisotopic (exact) mass is 240 g/mol. The molecule has 0 aliphatic carbocycles. The molecule has 0 atom stereocenters. The summed E-state index contributed by atoms with van der Waals surface area (Å²) in [6.45, 7) is 0. The first kappa shape index (κ1) is 11.7. The van der Waals surface area contributed by atoms with Gasteiger partial charge in [-0.2, -0.15) is 5.26 Å². The van der Waals surface area contributed by atoms with Gasteiger partial charge in [-0.25, -0.2) is 4.98 Å². The Morgan fingerprint density at radius 2 is 2.06 bits per heavy atom. The number of nitrogens with zero attached hydrogens (tertiary/aromatic N) is 4. The third-order valence-electron chi connectivity index (χ3n) is 2.31. The van der Waals surface area contributed by atoms with Gasteiger partial charge in [0.2, 0.25) is 5.69 Å². The van der Waals surface area contributed by atoms with Gasteiger partial charge in [-0.05, 0) is 15.5 Å². The fourth-order valence-corrected chi connectivity index (χ4v) is 1.51. The summed E-state index contributed by atoms with van der Waals surface area (Å²) in [5.74, 6) is -0.495. The minimum Gasteiger partial charge on any atom is -0.358 e. The zero-order valence-electron chi connectivity index (χ0n) is 9.28. The van der Waals surface area contributed by atoms with E-state index in [9.17, 15) is 10.1 Å². The zero-order chi connectivity index (χ0) is 13.0. The van der Waals surface area contributed by atoms with E-state index in [2.05, 4.69) is 9.97 Å². The summed E-state index contributed by atoms with van der Waals surface area (Å²) in [5, 5.41) is 19.4. The van der Waals surface area contributed by atoms with Gasteiger partial charge in [0.25, 0.3) is 0 Å². The molecule has 0 saturated heterocycles. The van der Waals surface area contributed by atoms with Crippen LogP contribution in [0.3, 0.4) is 0 Å². The first-order valence-electron chi connectivity index (χ1n) is 5.15. The van der Waals surface area contributed by atoms with Crippen molar-refractivity contribution in [3.8, 4) is 6.07 Å². The SMILES string of the molecule is N#Cc1ncc(Cc2ccccc2)nc1[N+](=O)[O-]. The van der Waals surface area contributed by atoms with Crippen LogP contribution in [0.15, 0.2) is 36.5 Å². The maximum absolute atomic E-state index is 10.7. The van der Waals surface area contributed by atoms with E-state index in [1.54, 1.807) is 6.07 Å². The zero-order valence-corrected chi connectivity index (χ0v) is 9.28. The van der Waals surface area contributed by atoms with Crippen LogP contribution in [0, 0.1) is 21.4 Å². The maximum atomic E-state index is 10.7. The van der Waals surface area contributed by atoms with Crippen LogP contribution >= 0.6 is 0 Å². The molecule has 1 aromatic carbocycles. The lowest BCUT2D eigenvalue weighted by molar-refractivity contribution is -0.390. The highest BCUT2D eigenvalue weighted by Crippen LogP contribution is 2.14. The lowest BCUT2D eigenvalue weighted by Crippen LogP contribution is -2.02. The Bertz CT molecular complexity index is 620. The molecule has 0 aliphatic heterocycles. The normalized spacial score (nSPS) is 9.72. The molecule has 0 N–H and O–H groups in total. The summed E-state index contributed by atoms with van der Waals surface area (Å²) >= 11 is 0. The summed E-state index contributed by atoms with van der Waals surface area (Å²) in [6.07, 6.45) is 1.83. The van der Waals surface area contributed by atoms with Crippen LogP contribution in [-0.2, 0) is 6.42 Å². The number of nitro groups is 1. The molecule has 6 nitrogen and oxygen atoms in total. The molecule has 0 bridgehead atoms. The third kappa shape index (κ3) is 2.47. The number of hydrogen-bond acceptors (Lipinski definition) is 5. The topological polar surface area (TPSA) is 92.7 Å². The highest BCUT2D eigenvalue weighted by atomic mass is 16.6. The van der Waals surface area contributed by atoms with Crippen LogP contribution in [0.2, 0.25) is 0 Å². The predicted molar refractivity (Wildman–Crippen MR) is 62.6 cm³/mol. The fraction of sp³-hybridized carbons (Fsp3) is 0.0833. The maximum Gasteiger partial charge on any atom is 0.400 e. The van der Waals surface area contributed by atoms with Crippen molar-refractivity contribution in [1.82, 2.24) is 9.97 Å². The first-order chi connectivity index (χ1) is 8.70. The van der Waals surface area contributed by atoms with Crippen LogP contribution in [0.5, 0.6) is 0 Å². The number of rotatable bonds is 3. The van der Waals surface area contributed by atoms with Gasteiger partial charge in [0.05, 0.1) is 6.20 Å². The van der Waals surface area contributed by atoms with Crippen molar-refractivity contribution in [3.05, 3.63) is 63.6 Å². The van der Waals surface area contributed by atoms with Gasteiger partial charge in [-0.1, -0.05) is 30.3 Å². The van der Waals surface area contributed by atoms with E-state index >= 15 is 0 Å². The molecular formula is C12H8N4O2. The first-order valence-corrected chi connectivity index (χ1v) is 5.15. The second-order valence-corrected chi connectivity index (χ2v) is 3.56. The summed E-state index contributed by atoms with van der Waals surface area (Å²) < 4.78 is 0. The lowest BCUT2D eigenvalue weighted by Gasteiger charge is -1.98. The minimum atomic E-state index is -0.694. The van der Waals surface area contributed by atoms with E-state index in [0.29, 0.717) is 12.1 Å². The van der Waals surface area contributed by atoms with Crippen molar-refractivity contribution in [3.63, 3.8) is 0 Å². The molecule has 0 aliphatic rings. The second kappa shape index (κ2) is 5.01. The molecule has 2 rings (SSSR count). The Labute approximate surface area is 103 Å². The number of hydrogen-bond donors (Lipinski definition) is 0. The standard InChI is InChI=1S/C12H8N4O2/c13-7-11-12(16(17)18)15-10(8-14-11)6-9-4-2-1-3-5-9/h1-5,8H,6H2. The van der Waals surface area contributed by atoms with Crippen LogP contribution in [0.1, 0.15) is 17.0 Å². The molecular weight excluding hydrogens is 232 g/mol. The average molecular weight is 240 g/mol. The van der Waals surface area contributed by atoms with E-state index in [1.165, 1.54) is 6.20 Å². The number of nitriles is 1. The Morgan fingerprint density at radius 1 is 1.33 bits per heavy atom. The summed E-state index contributed by atoms with van der Waals surface area (Å²) in [4.78, 5) is 17.6. The minimum absolute atomic E-state index is 0.267.